The Morgan fingerprint density at radius 1 is 0.720 bits per heavy atom. The van der Waals surface area contributed by atoms with Gasteiger partial charge in [0.05, 0.1) is 4.90 Å². The molecule has 4 heteroatoms. The molecule has 0 spiro atoms. The van der Waals surface area contributed by atoms with Gasteiger partial charge in [0.2, 0.25) is 0 Å². The van der Waals surface area contributed by atoms with Crippen LogP contribution in [0.3, 0.4) is 0 Å². The first-order chi connectivity index (χ1) is 12.0. The van der Waals surface area contributed by atoms with E-state index in [4.69, 9.17) is 0 Å². The molecular weight excluding hydrogens is 330 g/mol. The molecule has 0 saturated carbocycles. The van der Waals surface area contributed by atoms with Crippen molar-refractivity contribution >= 4 is 27.9 Å². The van der Waals surface area contributed by atoms with Gasteiger partial charge in [-0.25, -0.2) is 8.42 Å². The first-order valence-corrected chi connectivity index (χ1v) is 9.44. The Bertz CT molecular complexity index is 959. The van der Waals surface area contributed by atoms with Crippen LogP contribution < -0.4 is 4.72 Å². The highest BCUT2D eigenvalue weighted by Crippen LogP contribution is 2.18. The fourth-order valence-electron chi connectivity index (χ4n) is 2.35. The summed E-state index contributed by atoms with van der Waals surface area (Å²) in [5.41, 5.74) is 3.68. The Morgan fingerprint density at radius 2 is 1.28 bits per heavy atom. The van der Waals surface area contributed by atoms with Crippen LogP contribution in [-0.4, -0.2) is 8.42 Å². The van der Waals surface area contributed by atoms with Gasteiger partial charge in [0.1, 0.15) is 0 Å². The summed E-state index contributed by atoms with van der Waals surface area (Å²) in [6.45, 7) is 1.92. The zero-order valence-electron chi connectivity index (χ0n) is 13.9. The lowest BCUT2D eigenvalue weighted by molar-refractivity contribution is 0.601. The first kappa shape index (κ1) is 17.0. The lowest BCUT2D eigenvalue weighted by Gasteiger charge is -2.08. The van der Waals surface area contributed by atoms with Gasteiger partial charge in [-0.05, 0) is 42.3 Å². The minimum atomic E-state index is -3.57. The number of hydrogen-bond acceptors (Lipinski definition) is 2. The Balaban J connectivity index is 1.72. The number of rotatable bonds is 5. The van der Waals surface area contributed by atoms with Gasteiger partial charge < -0.3 is 0 Å². The highest BCUT2D eigenvalue weighted by molar-refractivity contribution is 7.92. The molecular formula is C21H19NO2S. The summed E-state index contributed by atoms with van der Waals surface area (Å²) in [7, 11) is -3.57. The van der Waals surface area contributed by atoms with Crippen molar-refractivity contribution in [1.82, 2.24) is 0 Å². The lowest BCUT2D eigenvalue weighted by Crippen LogP contribution is -2.12. The fourth-order valence-corrected chi connectivity index (χ4v) is 3.41. The molecule has 0 aliphatic carbocycles. The molecule has 126 valence electrons. The Kier molecular flexibility index (Phi) is 5.00. The predicted molar refractivity (Wildman–Crippen MR) is 104 cm³/mol. The zero-order valence-corrected chi connectivity index (χ0v) is 14.7. The molecule has 0 aliphatic rings. The average Bonchev–Trinajstić information content (AvgIpc) is 2.62. The van der Waals surface area contributed by atoms with E-state index < -0.39 is 10.0 Å². The van der Waals surface area contributed by atoms with E-state index in [0.717, 1.165) is 16.7 Å². The first-order valence-electron chi connectivity index (χ1n) is 7.96. The highest BCUT2D eigenvalue weighted by atomic mass is 32.2. The van der Waals surface area contributed by atoms with Crippen LogP contribution >= 0.6 is 0 Å². The topological polar surface area (TPSA) is 46.2 Å². The molecule has 25 heavy (non-hydrogen) atoms. The van der Waals surface area contributed by atoms with Crippen molar-refractivity contribution in [2.24, 2.45) is 0 Å². The number of benzene rings is 3. The van der Waals surface area contributed by atoms with Crippen LogP contribution in [0.1, 0.15) is 16.7 Å². The third-order valence-electron chi connectivity index (χ3n) is 3.76. The van der Waals surface area contributed by atoms with Crippen LogP contribution in [0.2, 0.25) is 0 Å². The maximum atomic E-state index is 12.4. The summed E-state index contributed by atoms with van der Waals surface area (Å²) in [5.74, 6) is 0. The van der Waals surface area contributed by atoms with E-state index in [-0.39, 0.29) is 4.90 Å². The summed E-state index contributed by atoms with van der Waals surface area (Å²) >= 11 is 0. The smallest absolute Gasteiger partial charge is 0.261 e. The van der Waals surface area contributed by atoms with Gasteiger partial charge in [-0.15, -0.1) is 0 Å². The van der Waals surface area contributed by atoms with E-state index in [1.54, 1.807) is 36.4 Å². The summed E-state index contributed by atoms with van der Waals surface area (Å²) in [4.78, 5) is 0.256. The summed E-state index contributed by atoms with van der Waals surface area (Å²) in [6, 6.07) is 24.1. The number of anilines is 1. The van der Waals surface area contributed by atoms with Crippen molar-refractivity contribution in [2.45, 2.75) is 11.8 Å². The molecule has 3 nitrogen and oxygen atoms in total. The van der Waals surface area contributed by atoms with Crippen molar-refractivity contribution in [2.75, 3.05) is 4.72 Å². The molecule has 1 N–H and O–H groups in total. The van der Waals surface area contributed by atoms with Gasteiger partial charge in [-0.1, -0.05) is 72.3 Å². The number of aryl methyl sites for hydroxylation is 1. The van der Waals surface area contributed by atoms with Crippen LogP contribution in [0, 0.1) is 6.92 Å². The molecule has 3 aromatic rings. The molecule has 0 aliphatic heterocycles. The number of sulfonamides is 1. The van der Waals surface area contributed by atoms with Gasteiger partial charge >= 0.3 is 0 Å². The molecule has 0 atom stereocenters. The third-order valence-corrected chi connectivity index (χ3v) is 5.16. The van der Waals surface area contributed by atoms with Crippen LogP contribution in [0.5, 0.6) is 0 Å². The van der Waals surface area contributed by atoms with Crippen LogP contribution in [0.25, 0.3) is 12.2 Å². The molecule has 0 amide bonds. The van der Waals surface area contributed by atoms with E-state index in [0.29, 0.717) is 5.69 Å². The molecule has 0 fully saturated rings. The van der Waals surface area contributed by atoms with Crippen LogP contribution in [-0.2, 0) is 10.0 Å². The minimum absolute atomic E-state index is 0.256. The summed E-state index contributed by atoms with van der Waals surface area (Å²) in [6.07, 6.45) is 4.01. The lowest BCUT2D eigenvalue weighted by atomic mass is 10.1. The molecule has 0 unspecified atom stereocenters. The van der Waals surface area contributed by atoms with Gasteiger partial charge in [0.25, 0.3) is 10.0 Å². The highest BCUT2D eigenvalue weighted by Gasteiger charge is 2.13. The Labute approximate surface area is 148 Å². The standard InChI is InChI=1S/C21H19NO2S/c1-17-7-15-21(16-8-17)25(23,24)22-20-13-11-19(12-14-20)10-9-18-5-3-2-4-6-18/h2-16,22H,1H3/b10-9+. The second-order valence-electron chi connectivity index (χ2n) is 5.78. The molecule has 0 aromatic heterocycles. The van der Waals surface area contributed by atoms with Crippen LogP contribution in [0.4, 0.5) is 5.69 Å². The number of nitrogens with one attached hydrogen (secondary N) is 1. The second-order valence-corrected chi connectivity index (χ2v) is 7.47. The van der Waals surface area contributed by atoms with E-state index in [2.05, 4.69) is 4.72 Å². The van der Waals surface area contributed by atoms with Gasteiger partial charge in [0, 0.05) is 5.69 Å². The molecule has 0 saturated heterocycles. The fraction of sp³-hybridized carbons (Fsp3) is 0.0476. The molecule has 0 radical (unpaired) electrons. The summed E-state index contributed by atoms with van der Waals surface area (Å²) in [5, 5.41) is 0. The van der Waals surface area contributed by atoms with Crippen molar-refractivity contribution < 1.29 is 8.42 Å². The second kappa shape index (κ2) is 7.36. The van der Waals surface area contributed by atoms with Gasteiger partial charge in [-0.2, -0.15) is 0 Å². The Morgan fingerprint density at radius 3 is 1.88 bits per heavy atom. The third kappa shape index (κ3) is 4.58. The Hall–Kier alpha value is -2.85. The molecule has 0 bridgehead atoms. The molecule has 3 aromatic carbocycles. The maximum absolute atomic E-state index is 12.4. The van der Waals surface area contributed by atoms with Crippen LogP contribution in [0.15, 0.2) is 83.8 Å². The van der Waals surface area contributed by atoms with E-state index in [1.807, 2.05) is 61.5 Å². The maximum Gasteiger partial charge on any atom is 0.261 e. The minimum Gasteiger partial charge on any atom is -0.280 e. The van der Waals surface area contributed by atoms with E-state index in [9.17, 15) is 8.42 Å². The van der Waals surface area contributed by atoms with E-state index >= 15 is 0 Å². The SMILES string of the molecule is Cc1ccc(S(=O)(=O)Nc2ccc(/C=C/c3ccccc3)cc2)cc1. The summed E-state index contributed by atoms with van der Waals surface area (Å²) < 4.78 is 27.4. The average molecular weight is 349 g/mol. The predicted octanol–water partition coefficient (Wildman–Crippen LogP) is 4.97. The van der Waals surface area contributed by atoms with Crippen molar-refractivity contribution in [1.29, 1.82) is 0 Å². The number of hydrogen-bond donors (Lipinski definition) is 1. The largest absolute Gasteiger partial charge is 0.280 e. The van der Waals surface area contributed by atoms with Crippen molar-refractivity contribution in [3.8, 4) is 0 Å². The van der Waals surface area contributed by atoms with Gasteiger partial charge in [-0.3, -0.25) is 4.72 Å². The normalized spacial score (nSPS) is 11.6. The quantitative estimate of drug-likeness (QED) is 0.661. The molecule has 0 heterocycles. The van der Waals surface area contributed by atoms with Gasteiger partial charge in [0.15, 0.2) is 0 Å². The van der Waals surface area contributed by atoms with Crippen molar-refractivity contribution in [3.05, 3.63) is 95.6 Å². The molecule has 3 rings (SSSR count). The van der Waals surface area contributed by atoms with Crippen molar-refractivity contribution in [3.63, 3.8) is 0 Å². The monoisotopic (exact) mass is 349 g/mol. The van der Waals surface area contributed by atoms with E-state index in [1.165, 1.54) is 0 Å². The zero-order chi connectivity index (χ0) is 17.7.